The Bertz CT molecular complexity index is 1080. The smallest absolute Gasteiger partial charge is 0.286 e. The van der Waals surface area contributed by atoms with Crippen molar-refractivity contribution < 1.29 is 13.5 Å². The summed E-state index contributed by atoms with van der Waals surface area (Å²) < 4.78 is 34.3. The molecule has 8 heteroatoms. The summed E-state index contributed by atoms with van der Waals surface area (Å²) >= 11 is 0. The number of rotatable bonds is 5. The number of aromatic nitrogens is 5. The highest BCUT2D eigenvalue weighted by Gasteiger charge is 2.26. The highest BCUT2D eigenvalue weighted by molar-refractivity contribution is 5.74. The largest absolute Gasteiger partial charge is 0.437 e. The van der Waals surface area contributed by atoms with Crippen molar-refractivity contribution in [2.24, 2.45) is 0 Å². The molecule has 0 saturated carbocycles. The number of ether oxygens (including phenoxy) is 1. The van der Waals surface area contributed by atoms with E-state index in [1.807, 2.05) is 18.2 Å². The Morgan fingerprint density at radius 2 is 1.71 bits per heavy atom. The van der Waals surface area contributed by atoms with Crippen LogP contribution in [-0.4, -0.2) is 24.5 Å². The number of alkyl halides is 2. The van der Waals surface area contributed by atoms with Gasteiger partial charge in [0.1, 0.15) is 23.6 Å². The second kappa shape index (κ2) is 7.15. The summed E-state index contributed by atoms with van der Waals surface area (Å²) in [6.45, 7) is 0.798. The number of imidazole rings is 1. The van der Waals surface area contributed by atoms with Crippen LogP contribution in [0.4, 0.5) is 8.78 Å². The number of hydrogen-bond donors (Lipinski definition) is 0. The second-order valence-electron chi connectivity index (χ2n) is 6.07. The number of halogens is 2. The average molecular weight is 379 g/mol. The van der Waals surface area contributed by atoms with Crippen LogP contribution in [0.5, 0.6) is 11.6 Å². The van der Waals surface area contributed by atoms with Crippen molar-refractivity contribution in [1.29, 1.82) is 0 Å². The van der Waals surface area contributed by atoms with E-state index in [0.717, 1.165) is 12.5 Å². The molecule has 0 atom stereocenters. The molecule has 0 unspecified atom stereocenters. The lowest BCUT2D eigenvalue weighted by Crippen LogP contribution is -2.09. The molecule has 0 aliphatic rings. The lowest BCUT2D eigenvalue weighted by molar-refractivity contribution is 0.0127. The van der Waals surface area contributed by atoms with Gasteiger partial charge >= 0.3 is 0 Å². The minimum Gasteiger partial charge on any atom is -0.437 e. The first-order valence-electron chi connectivity index (χ1n) is 8.43. The minimum atomic E-state index is -3.01. The predicted molar refractivity (Wildman–Crippen MR) is 98.5 cm³/mol. The Morgan fingerprint density at radius 1 is 0.929 bits per heavy atom. The Kier molecular flexibility index (Phi) is 4.52. The molecule has 4 aromatic rings. The molecule has 0 radical (unpaired) electrons. The SMILES string of the molecule is CC(F)(F)c1ccc(Oc2ncccc2-c2cccnc2-n2ccnc2)cn1. The highest BCUT2D eigenvalue weighted by atomic mass is 19.3. The maximum atomic E-state index is 13.3. The standard InChI is InChI=1S/C20H15F2N5O/c1-20(21,22)17-7-6-14(12-26-17)28-19-16(5-3-9-25-19)15-4-2-8-24-18(15)27-11-10-23-13-27/h2-13H,1H3. The lowest BCUT2D eigenvalue weighted by Gasteiger charge is -2.14. The first kappa shape index (κ1) is 17.7. The second-order valence-corrected chi connectivity index (χ2v) is 6.07. The van der Waals surface area contributed by atoms with E-state index in [1.165, 1.54) is 18.3 Å². The van der Waals surface area contributed by atoms with Crippen LogP contribution in [0, 0.1) is 0 Å². The van der Waals surface area contributed by atoms with Gasteiger partial charge in [0, 0.05) is 42.8 Å². The average Bonchev–Trinajstić information content (AvgIpc) is 3.23. The molecule has 140 valence electrons. The Balaban J connectivity index is 1.71. The van der Waals surface area contributed by atoms with Gasteiger partial charge in [-0.15, -0.1) is 0 Å². The third kappa shape index (κ3) is 3.57. The van der Waals surface area contributed by atoms with Crippen molar-refractivity contribution in [2.75, 3.05) is 0 Å². The van der Waals surface area contributed by atoms with Crippen LogP contribution in [0.15, 0.2) is 73.7 Å². The maximum Gasteiger partial charge on any atom is 0.286 e. The monoisotopic (exact) mass is 379 g/mol. The van der Waals surface area contributed by atoms with Crippen LogP contribution < -0.4 is 4.74 Å². The fraction of sp³-hybridized carbons (Fsp3) is 0.100. The molecular formula is C20H15F2N5O. The number of pyridine rings is 3. The third-order valence-electron chi connectivity index (χ3n) is 4.00. The van der Waals surface area contributed by atoms with Gasteiger partial charge < -0.3 is 4.74 Å². The zero-order valence-electron chi connectivity index (χ0n) is 14.8. The van der Waals surface area contributed by atoms with Gasteiger partial charge in [0.05, 0.1) is 6.20 Å². The topological polar surface area (TPSA) is 65.7 Å². The molecule has 0 saturated heterocycles. The zero-order chi connectivity index (χ0) is 19.6. The van der Waals surface area contributed by atoms with Crippen molar-refractivity contribution in [2.45, 2.75) is 12.8 Å². The molecule has 0 aromatic carbocycles. The summed E-state index contributed by atoms with van der Waals surface area (Å²) in [5.41, 5.74) is 1.16. The van der Waals surface area contributed by atoms with E-state index < -0.39 is 5.92 Å². The van der Waals surface area contributed by atoms with E-state index in [1.54, 1.807) is 41.7 Å². The normalized spacial score (nSPS) is 11.4. The Hall–Kier alpha value is -3.68. The van der Waals surface area contributed by atoms with E-state index >= 15 is 0 Å². The molecule has 0 spiro atoms. The van der Waals surface area contributed by atoms with Gasteiger partial charge in [-0.1, -0.05) is 0 Å². The predicted octanol–water partition coefficient (Wildman–Crippen LogP) is 4.63. The summed E-state index contributed by atoms with van der Waals surface area (Å²) in [6.07, 6.45) is 9.63. The zero-order valence-corrected chi connectivity index (χ0v) is 14.8. The lowest BCUT2D eigenvalue weighted by atomic mass is 10.1. The molecule has 0 bridgehead atoms. The van der Waals surface area contributed by atoms with Crippen molar-refractivity contribution in [1.82, 2.24) is 24.5 Å². The van der Waals surface area contributed by atoms with E-state index in [-0.39, 0.29) is 5.69 Å². The van der Waals surface area contributed by atoms with Gasteiger partial charge in [0.15, 0.2) is 0 Å². The minimum absolute atomic E-state index is 0.307. The summed E-state index contributed by atoms with van der Waals surface area (Å²) in [7, 11) is 0. The Morgan fingerprint density at radius 3 is 2.39 bits per heavy atom. The van der Waals surface area contributed by atoms with Crippen molar-refractivity contribution >= 4 is 0 Å². The van der Waals surface area contributed by atoms with Crippen molar-refractivity contribution in [3.63, 3.8) is 0 Å². The summed E-state index contributed by atoms with van der Waals surface area (Å²) in [6, 6.07) is 10.0. The van der Waals surface area contributed by atoms with Crippen molar-refractivity contribution in [3.8, 4) is 28.6 Å². The Labute approximate surface area is 159 Å². The van der Waals surface area contributed by atoms with Crippen LogP contribution in [-0.2, 0) is 5.92 Å². The molecule has 4 heterocycles. The summed E-state index contributed by atoms with van der Waals surface area (Å²) in [4.78, 5) is 16.6. The van der Waals surface area contributed by atoms with Crippen LogP contribution in [0.2, 0.25) is 0 Å². The van der Waals surface area contributed by atoms with E-state index in [9.17, 15) is 8.78 Å². The molecule has 0 N–H and O–H groups in total. The fourth-order valence-electron chi connectivity index (χ4n) is 2.69. The molecule has 6 nitrogen and oxygen atoms in total. The van der Waals surface area contributed by atoms with Gasteiger partial charge in [-0.3, -0.25) is 9.55 Å². The maximum absolute atomic E-state index is 13.3. The molecular weight excluding hydrogens is 364 g/mol. The molecule has 0 amide bonds. The molecule has 4 rings (SSSR count). The first-order chi connectivity index (χ1) is 13.5. The van der Waals surface area contributed by atoms with Gasteiger partial charge in [0.25, 0.3) is 5.92 Å². The summed E-state index contributed by atoms with van der Waals surface area (Å²) in [5, 5.41) is 0. The summed E-state index contributed by atoms with van der Waals surface area (Å²) in [5.74, 6) is -1.72. The van der Waals surface area contributed by atoms with E-state index in [2.05, 4.69) is 19.9 Å². The quantitative estimate of drug-likeness (QED) is 0.506. The molecule has 0 aliphatic carbocycles. The molecule has 0 fully saturated rings. The van der Waals surface area contributed by atoms with Crippen LogP contribution in [0.25, 0.3) is 16.9 Å². The fourth-order valence-corrected chi connectivity index (χ4v) is 2.69. The van der Waals surface area contributed by atoms with Crippen LogP contribution in [0.1, 0.15) is 12.6 Å². The first-order valence-corrected chi connectivity index (χ1v) is 8.43. The molecule has 0 aliphatic heterocycles. The van der Waals surface area contributed by atoms with Gasteiger partial charge in [-0.05, 0) is 36.4 Å². The third-order valence-corrected chi connectivity index (χ3v) is 4.00. The number of hydrogen-bond acceptors (Lipinski definition) is 5. The van der Waals surface area contributed by atoms with Gasteiger partial charge in [0.2, 0.25) is 5.88 Å². The van der Waals surface area contributed by atoms with E-state index in [4.69, 9.17) is 4.74 Å². The van der Waals surface area contributed by atoms with Crippen LogP contribution in [0.3, 0.4) is 0 Å². The highest BCUT2D eigenvalue weighted by Crippen LogP contribution is 2.34. The van der Waals surface area contributed by atoms with E-state index in [0.29, 0.717) is 23.0 Å². The molecule has 4 aromatic heterocycles. The van der Waals surface area contributed by atoms with Gasteiger partial charge in [-0.2, -0.15) is 8.78 Å². The number of nitrogens with zero attached hydrogens (tertiary/aromatic N) is 5. The van der Waals surface area contributed by atoms with Crippen molar-refractivity contribution in [3.05, 3.63) is 79.4 Å². The van der Waals surface area contributed by atoms with Gasteiger partial charge in [-0.25, -0.2) is 15.0 Å². The molecule has 28 heavy (non-hydrogen) atoms. The van der Waals surface area contributed by atoms with Crippen LogP contribution >= 0.6 is 0 Å².